The van der Waals surface area contributed by atoms with Crippen molar-refractivity contribution in [3.63, 3.8) is 0 Å². The Morgan fingerprint density at radius 3 is 1.87 bits per heavy atom. The Balaban J connectivity index is 1.20. The number of rotatable bonds is 13. The van der Waals surface area contributed by atoms with E-state index < -0.39 is 18.1 Å². The van der Waals surface area contributed by atoms with Gasteiger partial charge in [-0.25, -0.2) is 4.79 Å². The molecule has 10 nitrogen and oxygen atoms in total. The van der Waals surface area contributed by atoms with Crippen LogP contribution in [0.4, 0.5) is 0 Å². The fraction of sp³-hybridized carbons (Fsp3) is 0.893. The summed E-state index contributed by atoms with van der Waals surface area (Å²) in [4.78, 5) is 37.1. The Morgan fingerprint density at radius 2 is 1.37 bits per heavy atom. The standard InChI is InChI=1S/C28H46N2O8/c1-17-13-21(19-7-5-9-23(19)37-17)25(29-15-31)27(33)35-11-3-4-12-36-28(34)26(30-16-32)22-14-18(2)38-24-10-6-8-20(22)24/h15,17-26,30,32H,3-14,16H2,1-2H3,(H,29,31)/t17-,18-,19+,20+,21+,22-,23+,24+,25+,26?/m1/s1. The number of esters is 2. The molecular formula is C28H46N2O8. The van der Waals surface area contributed by atoms with E-state index in [-0.39, 0.29) is 68.1 Å². The third-order valence-electron chi connectivity index (χ3n) is 9.08. The lowest BCUT2D eigenvalue weighted by molar-refractivity contribution is -0.156. The molecule has 4 rings (SSSR count). The van der Waals surface area contributed by atoms with Crippen molar-refractivity contribution in [1.82, 2.24) is 10.6 Å². The van der Waals surface area contributed by atoms with Gasteiger partial charge >= 0.3 is 11.9 Å². The lowest BCUT2D eigenvalue weighted by atomic mass is 9.77. The van der Waals surface area contributed by atoms with Gasteiger partial charge in [-0.15, -0.1) is 0 Å². The number of carbonyl (C=O) groups is 3. The SMILES string of the molecule is C[C@@H]1C[C@@H](C(NCO)C(=O)OCCCCOC(=O)[C@@H](NC=O)[C@H]2C[C@@H](C)O[C@H]3CCC[C@@H]23)[C@@H]2CCC[C@@H]2O1. The van der Waals surface area contributed by atoms with Gasteiger partial charge in [0.15, 0.2) is 0 Å². The Labute approximate surface area is 225 Å². The molecule has 1 unspecified atom stereocenters. The van der Waals surface area contributed by atoms with Crippen LogP contribution in [0.25, 0.3) is 0 Å². The van der Waals surface area contributed by atoms with E-state index in [0.29, 0.717) is 31.6 Å². The quantitative estimate of drug-likeness (QED) is 0.139. The fourth-order valence-electron chi connectivity index (χ4n) is 7.49. The van der Waals surface area contributed by atoms with E-state index in [1.165, 1.54) is 0 Å². The zero-order valence-electron chi connectivity index (χ0n) is 22.8. The van der Waals surface area contributed by atoms with E-state index in [1.54, 1.807) is 0 Å². The molecule has 10 heteroatoms. The van der Waals surface area contributed by atoms with Gasteiger partial charge in [-0.1, -0.05) is 12.8 Å². The highest BCUT2D eigenvalue weighted by molar-refractivity contribution is 5.78. The molecule has 3 N–H and O–H groups in total. The maximum absolute atomic E-state index is 12.9. The maximum atomic E-state index is 12.9. The second-order valence-electron chi connectivity index (χ2n) is 11.6. The summed E-state index contributed by atoms with van der Waals surface area (Å²) in [5.41, 5.74) is 0. The number of unbranched alkanes of at least 4 members (excludes halogenated alkanes) is 1. The molecule has 38 heavy (non-hydrogen) atoms. The normalized spacial score (nSPS) is 36.0. The van der Waals surface area contributed by atoms with E-state index in [2.05, 4.69) is 10.6 Å². The number of ether oxygens (including phenoxy) is 4. The molecule has 0 radical (unpaired) electrons. The molecule has 2 saturated carbocycles. The first-order valence-electron chi connectivity index (χ1n) is 14.6. The summed E-state index contributed by atoms with van der Waals surface area (Å²) in [7, 11) is 0. The second-order valence-corrected chi connectivity index (χ2v) is 11.6. The van der Waals surface area contributed by atoms with E-state index in [1.807, 2.05) is 13.8 Å². The van der Waals surface area contributed by atoms with Gasteiger partial charge in [0.1, 0.15) is 12.1 Å². The van der Waals surface area contributed by atoms with Crippen molar-refractivity contribution in [2.75, 3.05) is 19.9 Å². The average molecular weight is 539 g/mol. The van der Waals surface area contributed by atoms with E-state index in [9.17, 15) is 19.5 Å². The smallest absolute Gasteiger partial charge is 0.328 e. The number of hydrogen-bond acceptors (Lipinski definition) is 9. The highest BCUT2D eigenvalue weighted by atomic mass is 16.5. The number of fused-ring (bicyclic) bond motifs is 2. The van der Waals surface area contributed by atoms with Crippen LogP contribution in [-0.2, 0) is 33.3 Å². The van der Waals surface area contributed by atoms with Crippen molar-refractivity contribution in [2.24, 2.45) is 23.7 Å². The summed E-state index contributed by atoms with van der Waals surface area (Å²) in [6.45, 7) is 4.17. The number of carbonyl (C=O) groups excluding carboxylic acids is 3. The van der Waals surface area contributed by atoms with E-state index in [4.69, 9.17) is 18.9 Å². The minimum Gasteiger partial charge on any atom is -0.465 e. The molecule has 2 saturated heterocycles. The molecule has 216 valence electrons. The van der Waals surface area contributed by atoms with Crippen LogP contribution in [0.1, 0.15) is 78.1 Å². The highest BCUT2D eigenvalue weighted by Crippen LogP contribution is 2.44. The van der Waals surface area contributed by atoms with Crippen LogP contribution in [0, 0.1) is 23.7 Å². The van der Waals surface area contributed by atoms with Crippen LogP contribution in [0.15, 0.2) is 0 Å². The highest BCUT2D eigenvalue weighted by Gasteiger charge is 2.47. The molecule has 4 aliphatic rings. The first kappa shape index (κ1) is 29.2. The predicted octanol–water partition coefficient (Wildman–Crippen LogP) is 2.06. The summed E-state index contributed by atoms with van der Waals surface area (Å²) >= 11 is 0. The van der Waals surface area contributed by atoms with Gasteiger partial charge in [-0.3, -0.25) is 14.9 Å². The molecule has 4 fully saturated rings. The zero-order valence-corrected chi connectivity index (χ0v) is 22.8. The monoisotopic (exact) mass is 538 g/mol. The van der Waals surface area contributed by atoms with Crippen LogP contribution in [0.5, 0.6) is 0 Å². The number of nitrogens with one attached hydrogen (secondary N) is 2. The third-order valence-corrected chi connectivity index (χ3v) is 9.08. The van der Waals surface area contributed by atoms with E-state index >= 15 is 0 Å². The second kappa shape index (κ2) is 14.1. The van der Waals surface area contributed by atoms with Crippen LogP contribution in [0.2, 0.25) is 0 Å². The predicted molar refractivity (Wildman–Crippen MR) is 138 cm³/mol. The van der Waals surface area contributed by atoms with Crippen LogP contribution >= 0.6 is 0 Å². The molecule has 0 spiro atoms. The summed E-state index contributed by atoms with van der Waals surface area (Å²) in [5.74, 6) is -0.126. The van der Waals surface area contributed by atoms with Gasteiger partial charge in [-0.05, 0) is 88.9 Å². The zero-order chi connectivity index (χ0) is 27.1. The van der Waals surface area contributed by atoms with Crippen molar-refractivity contribution < 1.29 is 38.4 Å². The van der Waals surface area contributed by atoms with Crippen molar-refractivity contribution in [3.8, 4) is 0 Å². The van der Waals surface area contributed by atoms with Crippen LogP contribution < -0.4 is 10.6 Å². The number of aliphatic hydroxyl groups excluding tert-OH is 1. The summed E-state index contributed by atoms with van der Waals surface area (Å²) < 4.78 is 23.2. The summed E-state index contributed by atoms with van der Waals surface area (Å²) in [6.07, 6.45) is 9.80. The maximum Gasteiger partial charge on any atom is 0.328 e. The first-order valence-corrected chi connectivity index (χ1v) is 14.6. The Morgan fingerprint density at radius 1 is 0.868 bits per heavy atom. The molecule has 2 aliphatic heterocycles. The van der Waals surface area contributed by atoms with Gasteiger partial charge in [0.2, 0.25) is 6.41 Å². The Kier molecular flexibility index (Phi) is 10.8. The number of hydrogen-bond donors (Lipinski definition) is 3. The first-order chi connectivity index (χ1) is 18.4. The molecule has 0 aromatic rings. The van der Waals surface area contributed by atoms with Crippen LogP contribution in [0.3, 0.4) is 0 Å². The minimum atomic E-state index is -0.672. The van der Waals surface area contributed by atoms with Crippen molar-refractivity contribution >= 4 is 18.3 Å². The van der Waals surface area contributed by atoms with Crippen molar-refractivity contribution in [2.45, 2.75) is 115 Å². The average Bonchev–Trinajstić information content (AvgIpc) is 3.56. The number of aliphatic hydroxyl groups is 1. The third kappa shape index (κ3) is 7.06. The van der Waals surface area contributed by atoms with Crippen LogP contribution in [-0.4, -0.2) is 79.9 Å². The molecule has 0 bridgehead atoms. The summed E-state index contributed by atoms with van der Waals surface area (Å²) in [5, 5.41) is 15.2. The van der Waals surface area contributed by atoms with Gasteiger partial charge in [-0.2, -0.15) is 0 Å². The van der Waals surface area contributed by atoms with Gasteiger partial charge in [0, 0.05) is 0 Å². The molecule has 10 atom stereocenters. The van der Waals surface area contributed by atoms with Gasteiger partial charge < -0.3 is 29.4 Å². The van der Waals surface area contributed by atoms with Gasteiger partial charge in [0.05, 0.1) is 44.4 Å². The molecule has 0 aromatic heterocycles. The van der Waals surface area contributed by atoms with Gasteiger partial charge in [0.25, 0.3) is 0 Å². The lowest BCUT2D eigenvalue weighted by Crippen LogP contribution is -2.52. The molecule has 2 heterocycles. The fourth-order valence-corrected chi connectivity index (χ4v) is 7.49. The molecule has 2 aliphatic carbocycles. The Hall–Kier alpha value is -1.75. The molecular weight excluding hydrogens is 492 g/mol. The lowest BCUT2D eigenvalue weighted by Gasteiger charge is -2.40. The minimum absolute atomic E-state index is 0.00762. The van der Waals surface area contributed by atoms with E-state index in [0.717, 1.165) is 44.9 Å². The van der Waals surface area contributed by atoms with Crippen molar-refractivity contribution in [1.29, 1.82) is 0 Å². The largest absolute Gasteiger partial charge is 0.465 e. The summed E-state index contributed by atoms with van der Waals surface area (Å²) in [6, 6.07) is -1.24. The Bertz CT molecular complexity index is 797. The van der Waals surface area contributed by atoms with Crippen molar-refractivity contribution in [3.05, 3.63) is 0 Å². The molecule has 1 amide bonds. The molecule has 0 aromatic carbocycles. The topological polar surface area (TPSA) is 132 Å². The number of amides is 1.